The Morgan fingerprint density at radius 3 is 2.25 bits per heavy atom. The van der Waals surface area contributed by atoms with Crippen molar-refractivity contribution < 1.29 is 14.4 Å². The first-order valence-corrected chi connectivity index (χ1v) is 5.17. The van der Waals surface area contributed by atoms with E-state index in [-0.39, 0.29) is 6.16 Å². The van der Waals surface area contributed by atoms with Gasteiger partial charge in [0.25, 0.3) is 0 Å². The fourth-order valence-electron chi connectivity index (χ4n) is 0.243. The third kappa shape index (κ3) is 6.11. The lowest BCUT2D eigenvalue weighted by Crippen LogP contribution is -1.80. The summed E-state index contributed by atoms with van der Waals surface area (Å²) in [5.41, 5.74) is 1.75. The van der Waals surface area contributed by atoms with E-state index < -0.39 is 7.60 Å². The number of allylic oxidation sites excluding steroid dienone is 1. The first kappa shape index (κ1) is 8.11. The van der Waals surface area contributed by atoms with Gasteiger partial charge in [-0.3, -0.25) is 4.57 Å². The van der Waals surface area contributed by atoms with Crippen molar-refractivity contribution in [3.05, 3.63) is 11.8 Å². The second-order valence-electron chi connectivity index (χ2n) is 1.42. The molecule has 0 aromatic rings. The van der Waals surface area contributed by atoms with Crippen molar-refractivity contribution in [1.29, 1.82) is 0 Å². The van der Waals surface area contributed by atoms with Gasteiger partial charge in [-0.15, -0.1) is 5.70 Å². The Morgan fingerprint density at radius 2 is 2.12 bits per heavy atom. The third-order valence-corrected chi connectivity index (χ3v) is 1.74. The van der Waals surface area contributed by atoms with Gasteiger partial charge in [-0.1, -0.05) is 6.08 Å². The van der Waals surface area contributed by atoms with Gasteiger partial charge in [0.2, 0.25) is 0 Å². The lowest BCUT2D eigenvalue weighted by Gasteiger charge is -1.94. The molecular weight excluding hydrogens is 143 g/mol. The molecule has 5 heteroatoms. The van der Waals surface area contributed by atoms with E-state index in [2.05, 4.69) is 0 Å². The van der Waals surface area contributed by atoms with Crippen LogP contribution in [0, 0.1) is 0 Å². The zero-order chi connectivity index (χ0) is 6.62. The van der Waals surface area contributed by atoms with Crippen LogP contribution in [0.25, 0.3) is 0 Å². The molecule has 0 heterocycles. The van der Waals surface area contributed by atoms with Crippen molar-refractivity contribution in [2.45, 2.75) is 0 Å². The van der Waals surface area contributed by atoms with E-state index in [1.54, 1.807) is 5.70 Å². The van der Waals surface area contributed by atoms with E-state index in [1.807, 2.05) is 0 Å². The van der Waals surface area contributed by atoms with Crippen LogP contribution in [0.1, 0.15) is 0 Å². The molecule has 0 saturated heterocycles. The predicted octanol–water partition coefficient (Wildman–Crippen LogP) is -0.957. The highest BCUT2D eigenvalue weighted by Gasteiger charge is 2.07. The maximum Gasteiger partial charge on any atom is 0.329 e. The molecule has 8 heavy (non-hydrogen) atoms. The second-order valence-corrected chi connectivity index (χ2v) is 3.78. The van der Waals surface area contributed by atoms with Crippen LogP contribution in [-0.2, 0) is 4.57 Å². The summed E-state index contributed by atoms with van der Waals surface area (Å²) in [5, 5.41) is 0. The highest BCUT2D eigenvalue weighted by molar-refractivity contribution is 7.51. The molecule has 3 nitrogen and oxygen atoms in total. The molecule has 0 aromatic heterocycles. The van der Waals surface area contributed by atoms with Crippen LogP contribution in [-0.4, -0.2) is 26.2 Å². The number of hydrogen-bond acceptors (Lipinski definition) is 1. The van der Waals surface area contributed by atoms with E-state index in [0.29, 0.717) is 0 Å². The number of hydrogen-bond donors (Lipinski definition) is 2. The fourth-order valence-corrected chi connectivity index (χ4v) is 1.36. The molecule has 0 aromatic carbocycles. The zero-order valence-electron chi connectivity index (χ0n) is 4.61. The van der Waals surface area contributed by atoms with Crippen molar-refractivity contribution in [3.63, 3.8) is 0 Å². The largest absolute Gasteiger partial charge is 0.329 e. The summed E-state index contributed by atoms with van der Waals surface area (Å²) in [6.45, 7) is 0. The van der Waals surface area contributed by atoms with Gasteiger partial charge in [0.05, 0.1) is 6.16 Å². The van der Waals surface area contributed by atoms with Gasteiger partial charge in [-0.05, 0) is 0 Å². The molecule has 0 aliphatic heterocycles. The van der Waals surface area contributed by atoms with Crippen molar-refractivity contribution >= 4 is 17.8 Å². The molecule has 0 spiro atoms. The molecule has 0 atom stereocenters. The monoisotopic (exact) mass is 152 g/mol. The molecule has 48 valence electrons. The van der Waals surface area contributed by atoms with Gasteiger partial charge < -0.3 is 9.79 Å². The summed E-state index contributed by atoms with van der Waals surface area (Å²) in [4.78, 5) is 16.4. The van der Waals surface area contributed by atoms with Crippen molar-refractivity contribution in [2.75, 3.05) is 6.16 Å². The standard InChI is InChI=1S/C3H9O3PSi/c4-7(5,6)2-1-3-8/h1,3H,2H2,8H3,(H2,4,5,6). The van der Waals surface area contributed by atoms with Crippen molar-refractivity contribution in [2.24, 2.45) is 0 Å². The second kappa shape index (κ2) is 3.20. The highest BCUT2D eigenvalue weighted by Crippen LogP contribution is 2.33. The van der Waals surface area contributed by atoms with E-state index >= 15 is 0 Å². The Kier molecular flexibility index (Phi) is 3.24. The quantitative estimate of drug-likeness (QED) is 0.396. The average Bonchev–Trinajstić information content (AvgIpc) is 1.59. The topological polar surface area (TPSA) is 57.5 Å². The lowest BCUT2D eigenvalue weighted by atomic mass is 10.8. The Hall–Kier alpha value is 0.107. The first-order valence-electron chi connectivity index (χ1n) is 2.22. The molecule has 2 N–H and O–H groups in total. The van der Waals surface area contributed by atoms with Crippen LogP contribution in [0.4, 0.5) is 0 Å². The van der Waals surface area contributed by atoms with Crippen molar-refractivity contribution in [1.82, 2.24) is 0 Å². The molecule has 0 fully saturated rings. The van der Waals surface area contributed by atoms with Gasteiger partial charge in [-0.2, -0.15) is 0 Å². The first-order chi connectivity index (χ1) is 3.56. The summed E-state index contributed by atoms with van der Waals surface area (Å²) in [6, 6.07) is 0. The Bertz CT molecular complexity index is 126. The van der Waals surface area contributed by atoms with Crippen LogP contribution in [0.5, 0.6) is 0 Å². The Morgan fingerprint density at radius 1 is 1.62 bits per heavy atom. The number of rotatable bonds is 2. The fraction of sp³-hybridized carbons (Fsp3) is 0.333. The smallest absolute Gasteiger partial charge is 0.324 e. The molecule has 0 radical (unpaired) electrons. The summed E-state index contributed by atoms with van der Waals surface area (Å²) in [6.07, 6.45) is 1.39. The third-order valence-electron chi connectivity index (χ3n) is 0.579. The van der Waals surface area contributed by atoms with E-state index in [4.69, 9.17) is 9.79 Å². The summed E-state index contributed by atoms with van der Waals surface area (Å²) in [5.74, 6) is 0. The summed E-state index contributed by atoms with van der Waals surface area (Å²) < 4.78 is 10.0. The van der Waals surface area contributed by atoms with Crippen LogP contribution in [0.2, 0.25) is 0 Å². The van der Waals surface area contributed by atoms with Crippen LogP contribution < -0.4 is 0 Å². The van der Waals surface area contributed by atoms with E-state index in [0.717, 1.165) is 10.2 Å². The molecular formula is C3H9O3PSi. The normalized spacial score (nSPS) is 13.2. The Balaban J connectivity index is 3.57. The van der Waals surface area contributed by atoms with Gasteiger partial charge in [0.1, 0.15) is 0 Å². The van der Waals surface area contributed by atoms with Crippen LogP contribution in [0.3, 0.4) is 0 Å². The zero-order valence-corrected chi connectivity index (χ0v) is 7.51. The minimum atomic E-state index is -3.75. The molecule has 0 aliphatic rings. The van der Waals surface area contributed by atoms with Gasteiger partial charge in [0, 0.05) is 10.2 Å². The maximum absolute atomic E-state index is 10.0. The summed E-state index contributed by atoms with van der Waals surface area (Å²) in [7, 11) is -2.89. The van der Waals surface area contributed by atoms with Crippen LogP contribution in [0.15, 0.2) is 11.8 Å². The lowest BCUT2D eigenvalue weighted by molar-refractivity contribution is 0.377. The molecule has 0 rings (SSSR count). The average molecular weight is 152 g/mol. The van der Waals surface area contributed by atoms with Gasteiger partial charge in [0.15, 0.2) is 0 Å². The highest BCUT2D eigenvalue weighted by atomic mass is 31.2. The van der Waals surface area contributed by atoms with Gasteiger partial charge >= 0.3 is 7.60 Å². The molecule has 0 unspecified atom stereocenters. The molecule has 0 amide bonds. The van der Waals surface area contributed by atoms with Crippen LogP contribution >= 0.6 is 7.60 Å². The minimum Gasteiger partial charge on any atom is -0.324 e. The molecule has 0 bridgehead atoms. The van der Waals surface area contributed by atoms with Gasteiger partial charge in [-0.25, -0.2) is 0 Å². The van der Waals surface area contributed by atoms with Crippen molar-refractivity contribution in [3.8, 4) is 0 Å². The molecule has 0 saturated carbocycles. The Labute approximate surface area is 51.0 Å². The maximum atomic E-state index is 10.0. The molecule has 0 aliphatic carbocycles. The van der Waals surface area contributed by atoms with E-state index in [1.165, 1.54) is 6.08 Å². The van der Waals surface area contributed by atoms with E-state index in [9.17, 15) is 4.57 Å². The predicted molar refractivity (Wildman–Crippen MR) is 36.0 cm³/mol. The summed E-state index contributed by atoms with van der Waals surface area (Å²) >= 11 is 0. The minimum absolute atomic E-state index is 0.115. The SMILES string of the molecule is O=P(O)(O)CC=C[SiH3].